The molecule has 0 amide bonds. The van der Waals surface area contributed by atoms with Crippen molar-refractivity contribution >= 4 is 19.7 Å². The lowest BCUT2D eigenvalue weighted by molar-refractivity contribution is 0.354. The summed E-state index contributed by atoms with van der Waals surface area (Å²) in [6.07, 6.45) is 0. The predicted molar refractivity (Wildman–Crippen MR) is 92.1 cm³/mol. The molecular formula is C16H19ClO6S. The highest BCUT2D eigenvalue weighted by Gasteiger charge is 2.13. The van der Waals surface area contributed by atoms with E-state index >= 15 is 0 Å². The maximum Gasteiger partial charge on any atom is 0.261 e. The van der Waals surface area contributed by atoms with Gasteiger partial charge in [-0.3, -0.25) is 0 Å². The van der Waals surface area contributed by atoms with Crippen molar-refractivity contribution in [3.63, 3.8) is 0 Å². The van der Waals surface area contributed by atoms with Gasteiger partial charge in [-0.2, -0.15) is 0 Å². The Labute approximate surface area is 146 Å². The molecule has 132 valence electrons. The molecule has 0 saturated carbocycles. The van der Waals surface area contributed by atoms with Crippen LogP contribution in [0.2, 0.25) is 0 Å². The predicted octanol–water partition coefficient (Wildman–Crippen LogP) is 3.34. The van der Waals surface area contributed by atoms with E-state index in [1.54, 1.807) is 14.2 Å². The Morgan fingerprint density at radius 2 is 1.12 bits per heavy atom. The summed E-state index contributed by atoms with van der Waals surface area (Å²) < 4.78 is 41.8. The molecule has 0 fully saturated rings. The van der Waals surface area contributed by atoms with Crippen LogP contribution in [-0.4, -0.2) is 36.9 Å². The van der Waals surface area contributed by atoms with Crippen LogP contribution in [0.25, 0.3) is 0 Å². The Morgan fingerprint density at radius 3 is 1.50 bits per heavy atom. The van der Waals surface area contributed by atoms with Crippen LogP contribution in [0.5, 0.6) is 23.0 Å². The number of methoxy groups -OCH3 is 4. The Balaban J connectivity index is 0.000000254. The first-order valence-electron chi connectivity index (χ1n) is 6.71. The third-order valence-corrected chi connectivity index (χ3v) is 4.28. The first-order chi connectivity index (χ1) is 11.4. The topological polar surface area (TPSA) is 71.1 Å². The van der Waals surface area contributed by atoms with E-state index in [1.165, 1.54) is 32.4 Å². The molecule has 0 radical (unpaired) electrons. The SMILES string of the molecule is COc1ccc(S(=O)(=O)Cl)cc1OC.COc1ccccc1OC. The fourth-order valence-electron chi connectivity index (χ4n) is 1.76. The zero-order chi connectivity index (χ0) is 18.2. The number of hydrogen-bond donors (Lipinski definition) is 0. The standard InChI is InChI=1S/C8H9ClO4S.C8H10O2/c1-12-7-4-3-6(14(9,10)11)5-8(7)13-2;1-9-7-5-3-4-6-8(7)10-2/h3-5H,1-2H3;3-6H,1-2H3. The number of benzene rings is 2. The van der Waals surface area contributed by atoms with Gasteiger partial charge in [-0.25, -0.2) is 8.42 Å². The van der Waals surface area contributed by atoms with E-state index in [4.69, 9.17) is 29.6 Å². The number of hydrogen-bond acceptors (Lipinski definition) is 6. The quantitative estimate of drug-likeness (QED) is 0.747. The molecule has 0 aliphatic heterocycles. The highest BCUT2D eigenvalue weighted by atomic mass is 35.7. The number of para-hydroxylation sites is 2. The van der Waals surface area contributed by atoms with Gasteiger partial charge in [0.25, 0.3) is 9.05 Å². The first-order valence-corrected chi connectivity index (χ1v) is 9.02. The number of ether oxygens (including phenoxy) is 4. The molecule has 0 saturated heterocycles. The second kappa shape index (κ2) is 9.24. The molecule has 0 atom stereocenters. The van der Waals surface area contributed by atoms with Crippen molar-refractivity contribution in [2.24, 2.45) is 0 Å². The van der Waals surface area contributed by atoms with Gasteiger partial charge < -0.3 is 18.9 Å². The molecule has 0 bridgehead atoms. The van der Waals surface area contributed by atoms with E-state index in [1.807, 2.05) is 24.3 Å². The smallest absolute Gasteiger partial charge is 0.261 e. The molecule has 2 aromatic rings. The molecule has 8 heteroatoms. The van der Waals surface area contributed by atoms with Crippen LogP contribution in [0, 0.1) is 0 Å². The minimum atomic E-state index is -3.72. The van der Waals surface area contributed by atoms with E-state index in [9.17, 15) is 8.42 Å². The van der Waals surface area contributed by atoms with Crippen molar-refractivity contribution in [2.75, 3.05) is 28.4 Å². The summed E-state index contributed by atoms with van der Waals surface area (Å²) in [4.78, 5) is -0.0168. The molecule has 0 N–H and O–H groups in total. The lowest BCUT2D eigenvalue weighted by Gasteiger charge is -2.07. The van der Waals surface area contributed by atoms with Gasteiger partial charge in [-0.15, -0.1) is 0 Å². The lowest BCUT2D eigenvalue weighted by Crippen LogP contribution is -1.94. The van der Waals surface area contributed by atoms with Gasteiger partial charge >= 0.3 is 0 Å². The minimum Gasteiger partial charge on any atom is -0.493 e. The molecule has 0 heterocycles. The zero-order valence-electron chi connectivity index (χ0n) is 13.8. The summed E-state index contributed by atoms with van der Waals surface area (Å²) in [6.45, 7) is 0. The van der Waals surface area contributed by atoms with Crippen LogP contribution in [0.1, 0.15) is 0 Å². The molecule has 2 rings (SSSR count). The molecule has 0 aromatic heterocycles. The lowest BCUT2D eigenvalue weighted by atomic mass is 10.3. The van der Waals surface area contributed by atoms with Gasteiger partial charge in [0.15, 0.2) is 23.0 Å². The molecule has 0 spiro atoms. The van der Waals surface area contributed by atoms with Crippen molar-refractivity contribution < 1.29 is 27.4 Å². The molecule has 24 heavy (non-hydrogen) atoms. The molecule has 6 nitrogen and oxygen atoms in total. The van der Waals surface area contributed by atoms with E-state index in [-0.39, 0.29) is 4.90 Å². The third-order valence-electron chi connectivity index (χ3n) is 2.93. The summed E-state index contributed by atoms with van der Waals surface area (Å²) >= 11 is 0. The Kier molecular flexibility index (Phi) is 7.67. The first kappa shape index (κ1) is 19.9. The van der Waals surface area contributed by atoms with Gasteiger partial charge in [0.1, 0.15) is 0 Å². The Hall–Kier alpha value is -2.12. The van der Waals surface area contributed by atoms with E-state index < -0.39 is 9.05 Å². The number of halogens is 1. The van der Waals surface area contributed by atoms with Crippen LogP contribution in [-0.2, 0) is 9.05 Å². The zero-order valence-corrected chi connectivity index (χ0v) is 15.3. The number of rotatable bonds is 5. The van der Waals surface area contributed by atoms with E-state index in [0.29, 0.717) is 11.5 Å². The Morgan fingerprint density at radius 1 is 0.708 bits per heavy atom. The van der Waals surface area contributed by atoms with Gasteiger partial charge in [-0.1, -0.05) is 12.1 Å². The van der Waals surface area contributed by atoms with E-state index in [0.717, 1.165) is 11.5 Å². The summed E-state index contributed by atoms with van der Waals surface area (Å²) in [5.41, 5.74) is 0. The molecule has 2 aromatic carbocycles. The van der Waals surface area contributed by atoms with Crippen LogP contribution in [0.15, 0.2) is 47.4 Å². The maximum atomic E-state index is 11.0. The van der Waals surface area contributed by atoms with Crippen molar-refractivity contribution in [3.05, 3.63) is 42.5 Å². The van der Waals surface area contributed by atoms with Gasteiger partial charge in [0.2, 0.25) is 0 Å². The highest BCUT2D eigenvalue weighted by molar-refractivity contribution is 8.13. The van der Waals surface area contributed by atoms with Crippen LogP contribution >= 0.6 is 10.7 Å². The normalized spacial score (nSPS) is 10.2. The summed E-state index contributed by atoms with van der Waals surface area (Å²) in [7, 11) is 7.57. The highest BCUT2D eigenvalue weighted by Crippen LogP contribution is 2.30. The van der Waals surface area contributed by atoms with Crippen LogP contribution < -0.4 is 18.9 Å². The summed E-state index contributed by atoms with van der Waals surface area (Å²) in [5, 5.41) is 0. The molecule has 0 aliphatic carbocycles. The van der Waals surface area contributed by atoms with Crippen molar-refractivity contribution in [2.45, 2.75) is 4.90 Å². The van der Waals surface area contributed by atoms with Crippen molar-refractivity contribution in [1.82, 2.24) is 0 Å². The maximum absolute atomic E-state index is 11.0. The second-order valence-electron chi connectivity index (χ2n) is 4.31. The van der Waals surface area contributed by atoms with Crippen molar-refractivity contribution in [1.29, 1.82) is 0 Å². The van der Waals surface area contributed by atoms with Gasteiger partial charge in [0.05, 0.1) is 33.3 Å². The third kappa shape index (κ3) is 5.50. The minimum absolute atomic E-state index is 0.0168. The second-order valence-corrected chi connectivity index (χ2v) is 6.88. The molecular weight excluding hydrogens is 356 g/mol. The van der Waals surface area contributed by atoms with E-state index in [2.05, 4.69) is 0 Å². The summed E-state index contributed by atoms with van der Waals surface area (Å²) in [5.74, 6) is 2.32. The van der Waals surface area contributed by atoms with Crippen LogP contribution in [0.4, 0.5) is 0 Å². The Bertz CT molecular complexity index is 738. The monoisotopic (exact) mass is 374 g/mol. The van der Waals surface area contributed by atoms with Gasteiger partial charge in [0, 0.05) is 16.7 Å². The molecule has 0 aliphatic rings. The summed E-state index contributed by atoms with van der Waals surface area (Å²) in [6, 6.07) is 11.7. The van der Waals surface area contributed by atoms with Crippen LogP contribution in [0.3, 0.4) is 0 Å². The fraction of sp³-hybridized carbons (Fsp3) is 0.250. The average Bonchev–Trinajstić information content (AvgIpc) is 2.60. The fourth-order valence-corrected chi connectivity index (χ4v) is 2.52. The largest absolute Gasteiger partial charge is 0.493 e. The van der Waals surface area contributed by atoms with Gasteiger partial charge in [-0.05, 0) is 24.3 Å². The average molecular weight is 375 g/mol. The molecule has 0 unspecified atom stereocenters. The van der Waals surface area contributed by atoms with Crippen molar-refractivity contribution in [3.8, 4) is 23.0 Å².